The Hall–Kier alpha value is -1.16. The van der Waals surface area contributed by atoms with E-state index in [-0.39, 0.29) is 17.0 Å². The van der Waals surface area contributed by atoms with E-state index in [0.29, 0.717) is 12.8 Å². The highest BCUT2D eigenvalue weighted by atomic mass is 32.2. The maximum Gasteiger partial charge on any atom is 0.416 e. The van der Waals surface area contributed by atoms with Crippen LogP contribution in [0, 0.1) is 5.92 Å². The topological polar surface area (TPSA) is 49.9 Å². The Labute approximate surface area is 202 Å². The standard InChI is InChI=1S/C25H39F3N2O3S/c1-29(19-20-7-8-20)17-5-3-4-6-18-33-23-13-11-22(12-14-23)30(2)34(31,32)24-15-9-21(10-16-24)25(26,27)28/h9-10,15-16,20,22-23H,3-8,11-14,17-19H2,1-2H3. The van der Waals surface area contributed by atoms with E-state index in [4.69, 9.17) is 4.74 Å². The number of unbranched alkanes of at least 4 members (excludes halogenated alkanes) is 3. The van der Waals surface area contributed by atoms with Gasteiger partial charge in [0, 0.05) is 26.2 Å². The molecule has 0 atom stereocenters. The molecule has 34 heavy (non-hydrogen) atoms. The van der Waals surface area contributed by atoms with E-state index in [1.54, 1.807) is 0 Å². The smallest absolute Gasteiger partial charge is 0.378 e. The van der Waals surface area contributed by atoms with Crippen molar-refractivity contribution < 1.29 is 26.3 Å². The van der Waals surface area contributed by atoms with Crippen molar-refractivity contribution in [3.63, 3.8) is 0 Å². The van der Waals surface area contributed by atoms with Gasteiger partial charge in [0.1, 0.15) is 0 Å². The van der Waals surface area contributed by atoms with Gasteiger partial charge in [-0.1, -0.05) is 12.8 Å². The van der Waals surface area contributed by atoms with Gasteiger partial charge in [0.05, 0.1) is 16.6 Å². The summed E-state index contributed by atoms with van der Waals surface area (Å²) in [6.07, 6.45) is 6.10. The van der Waals surface area contributed by atoms with Crippen LogP contribution in [0.2, 0.25) is 0 Å². The highest BCUT2D eigenvalue weighted by Crippen LogP contribution is 2.32. The van der Waals surface area contributed by atoms with Gasteiger partial charge in [0.15, 0.2) is 0 Å². The van der Waals surface area contributed by atoms with Crippen LogP contribution in [0.5, 0.6) is 0 Å². The molecule has 1 aromatic rings. The van der Waals surface area contributed by atoms with Crippen molar-refractivity contribution in [3.05, 3.63) is 29.8 Å². The van der Waals surface area contributed by atoms with E-state index in [9.17, 15) is 21.6 Å². The van der Waals surface area contributed by atoms with Crippen molar-refractivity contribution in [3.8, 4) is 0 Å². The van der Waals surface area contributed by atoms with E-state index in [0.717, 1.165) is 56.1 Å². The molecule has 3 rings (SSSR count). The molecule has 0 amide bonds. The third-order valence-electron chi connectivity index (χ3n) is 7.07. The monoisotopic (exact) mass is 504 g/mol. The van der Waals surface area contributed by atoms with E-state index in [1.165, 1.54) is 56.5 Å². The van der Waals surface area contributed by atoms with Crippen LogP contribution in [0.4, 0.5) is 13.2 Å². The first-order valence-corrected chi connectivity index (χ1v) is 14.0. The number of nitrogens with zero attached hydrogens (tertiary/aromatic N) is 2. The molecule has 5 nitrogen and oxygen atoms in total. The number of benzene rings is 1. The van der Waals surface area contributed by atoms with E-state index in [2.05, 4.69) is 11.9 Å². The number of sulfonamides is 1. The minimum Gasteiger partial charge on any atom is -0.378 e. The van der Waals surface area contributed by atoms with Crippen molar-refractivity contribution in [1.82, 2.24) is 9.21 Å². The molecule has 0 bridgehead atoms. The van der Waals surface area contributed by atoms with Gasteiger partial charge < -0.3 is 9.64 Å². The van der Waals surface area contributed by atoms with Crippen molar-refractivity contribution in [2.75, 3.05) is 33.8 Å². The molecule has 0 aromatic heterocycles. The summed E-state index contributed by atoms with van der Waals surface area (Å²) in [7, 11) is -0.109. The summed E-state index contributed by atoms with van der Waals surface area (Å²) in [6.45, 7) is 3.16. The summed E-state index contributed by atoms with van der Waals surface area (Å²) in [5.74, 6) is 0.943. The molecule has 0 N–H and O–H groups in total. The lowest BCUT2D eigenvalue weighted by Gasteiger charge is -2.34. The van der Waals surface area contributed by atoms with Crippen molar-refractivity contribution >= 4 is 10.0 Å². The largest absolute Gasteiger partial charge is 0.416 e. The van der Waals surface area contributed by atoms with Crippen LogP contribution in [-0.2, 0) is 20.9 Å². The van der Waals surface area contributed by atoms with Crippen LogP contribution in [0.3, 0.4) is 0 Å². The molecular weight excluding hydrogens is 465 g/mol. The Morgan fingerprint density at radius 1 is 0.912 bits per heavy atom. The van der Waals surface area contributed by atoms with Crippen LogP contribution >= 0.6 is 0 Å². The van der Waals surface area contributed by atoms with Gasteiger partial charge in [0.2, 0.25) is 10.0 Å². The molecule has 0 heterocycles. The van der Waals surface area contributed by atoms with Gasteiger partial charge in [-0.15, -0.1) is 0 Å². The third kappa shape index (κ3) is 8.21. The molecule has 9 heteroatoms. The quantitative estimate of drug-likeness (QED) is 0.330. The maximum atomic E-state index is 12.9. The number of rotatable bonds is 13. The summed E-state index contributed by atoms with van der Waals surface area (Å²) in [5, 5.41) is 0. The molecule has 0 aliphatic heterocycles. The molecule has 2 aliphatic rings. The molecule has 0 radical (unpaired) electrons. The fourth-order valence-electron chi connectivity index (χ4n) is 4.67. The Morgan fingerprint density at radius 3 is 2.12 bits per heavy atom. The normalized spacial score (nSPS) is 22.0. The van der Waals surface area contributed by atoms with Gasteiger partial charge in [-0.05, 0) is 95.1 Å². The summed E-state index contributed by atoms with van der Waals surface area (Å²) < 4.78 is 71.4. The first-order valence-electron chi connectivity index (χ1n) is 12.5. The summed E-state index contributed by atoms with van der Waals surface area (Å²) in [4.78, 5) is 2.33. The van der Waals surface area contributed by atoms with Gasteiger partial charge in [0.25, 0.3) is 0 Å². The lowest BCUT2D eigenvalue weighted by molar-refractivity contribution is -0.137. The number of halogens is 3. The highest BCUT2D eigenvalue weighted by Gasteiger charge is 2.34. The second-order valence-corrected chi connectivity index (χ2v) is 12.0. The molecule has 0 spiro atoms. The Morgan fingerprint density at radius 2 is 1.53 bits per heavy atom. The Kier molecular flexibility index (Phi) is 9.83. The van der Waals surface area contributed by atoms with E-state index in [1.807, 2.05) is 0 Å². The van der Waals surface area contributed by atoms with Crippen LogP contribution < -0.4 is 0 Å². The number of ether oxygens (including phenoxy) is 1. The molecule has 2 saturated carbocycles. The van der Waals surface area contributed by atoms with E-state index >= 15 is 0 Å². The van der Waals surface area contributed by atoms with Crippen LogP contribution in [-0.4, -0.2) is 63.6 Å². The highest BCUT2D eigenvalue weighted by molar-refractivity contribution is 7.89. The lowest BCUT2D eigenvalue weighted by Crippen LogP contribution is -2.40. The first-order chi connectivity index (χ1) is 16.1. The van der Waals surface area contributed by atoms with Gasteiger partial charge in [-0.3, -0.25) is 0 Å². The lowest BCUT2D eigenvalue weighted by atomic mass is 9.93. The predicted octanol–water partition coefficient (Wildman–Crippen LogP) is 5.56. The van der Waals surface area contributed by atoms with Crippen molar-refractivity contribution in [2.45, 2.75) is 87.4 Å². The number of alkyl halides is 3. The fraction of sp³-hybridized carbons (Fsp3) is 0.760. The summed E-state index contributed by atoms with van der Waals surface area (Å²) >= 11 is 0. The van der Waals surface area contributed by atoms with Gasteiger partial charge in [-0.25, -0.2) is 8.42 Å². The average Bonchev–Trinajstić information content (AvgIpc) is 3.61. The molecule has 194 valence electrons. The summed E-state index contributed by atoms with van der Waals surface area (Å²) in [6, 6.07) is 3.54. The molecule has 2 fully saturated rings. The van der Waals surface area contributed by atoms with Crippen LogP contribution in [0.1, 0.15) is 69.8 Å². The first kappa shape index (κ1) is 27.4. The molecular formula is C25H39F3N2O3S. The minimum absolute atomic E-state index is 0.111. The molecule has 0 unspecified atom stereocenters. The van der Waals surface area contributed by atoms with Crippen LogP contribution in [0.15, 0.2) is 29.2 Å². The zero-order chi connectivity index (χ0) is 24.8. The van der Waals surface area contributed by atoms with E-state index < -0.39 is 21.8 Å². The Balaban J connectivity index is 1.32. The molecule has 2 aliphatic carbocycles. The van der Waals surface area contributed by atoms with Gasteiger partial charge >= 0.3 is 6.18 Å². The summed E-state index contributed by atoms with van der Waals surface area (Å²) in [5.41, 5.74) is -0.854. The van der Waals surface area contributed by atoms with Crippen LogP contribution in [0.25, 0.3) is 0 Å². The van der Waals surface area contributed by atoms with Gasteiger partial charge in [-0.2, -0.15) is 17.5 Å². The average molecular weight is 505 g/mol. The zero-order valence-electron chi connectivity index (χ0n) is 20.4. The molecule has 0 saturated heterocycles. The molecule has 1 aromatic carbocycles. The Bertz CT molecular complexity index is 849. The predicted molar refractivity (Wildman–Crippen MR) is 127 cm³/mol. The second-order valence-electron chi connectivity index (χ2n) is 9.96. The third-order valence-corrected chi connectivity index (χ3v) is 9.00. The number of hydrogen-bond donors (Lipinski definition) is 0. The van der Waals surface area contributed by atoms with Crippen molar-refractivity contribution in [1.29, 1.82) is 0 Å². The zero-order valence-corrected chi connectivity index (χ0v) is 21.2. The number of hydrogen-bond acceptors (Lipinski definition) is 4. The van der Waals surface area contributed by atoms with Crippen molar-refractivity contribution in [2.24, 2.45) is 5.92 Å². The fourth-order valence-corrected chi connectivity index (χ4v) is 6.09. The maximum absolute atomic E-state index is 12.9. The minimum atomic E-state index is -4.49. The second kappa shape index (κ2) is 12.2. The SMILES string of the molecule is CN(CCCCCCOC1CCC(N(C)S(=O)(=O)c2ccc(C(F)(F)F)cc2)CC1)CC1CC1.